The van der Waals surface area contributed by atoms with Crippen LogP contribution in [0, 0.1) is 0 Å². The molecular formula is C11H13NO2Sn. The molecule has 0 bridgehead atoms. The summed E-state index contributed by atoms with van der Waals surface area (Å²) in [6.45, 7) is 2.71. The topological polar surface area (TPSA) is 29.5 Å². The van der Waals surface area contributed by atoms with Crippen LogP contribution in [0.5, 0.6) is 0 Å². The number of ether oxygens (including phenoxy) is 1. The summed E-state index contributed by atoms with van der Waals surface area (Å²) < 4.78 is 5.19. The Bertz CT molecular complexity index is 310. The summed E-state index contributed by atoms with van der Waals surface area (Å²) in [7, 11) is 0. The van der Waals surface area contributed by atoms with Crippen LogP contribution in [0.15, 0.2) is 30.3 Å². The van der Waals surface area contributed by atoms with Crippen LogP contribution in [0.2, 0.25) is 0 Å². The number of benzene rings is 1. The zero-order chi connectivity index (χ0) is 9.80. The second kappa shape index (κ2) is 6.12. The molecule has 15 heavy (non-hydrogen) atoms. The molecule has 0 spiro atoms. The van der Waals surface area contributed by atoms with E-state index in [0.717, 1.165) is 5.56 Å². The predicted molar refractivity (Wildman–Crippen MR) is 58.9 cm³/mol. The quantitative estimate of drug-likeness (QED) is 0.718. The molecule has 1 aromatic carbocycles. The van der Waals surface area contributed by atoms with Gasteiger partial charge >= 0.3 is 0 Å². The third kappa shape index (κ3) is 3.21. The van der Waals surface area contributed by atoms with Gasteiger partial charge in [-0.15, -0.1) is 0 Å². The first-order chi connectivity index (χ1) is 6.88. The van der Waals surface area contributed by atoms with Crippen LogP contribution in [0.25, 0.3) is 0 Å². The molecule has 0 unspecified atom stereocenters. The van der Waals surface area contributed by atoms with Gasteiger partial charge in [-0.25, -0.2) is 0 Å². The number of hydrogen-bond acceptors (Lipinski definition) is 2. The molecule has 78 valence electrons. The van der Waals surface area contributed by atoms with Crippen molar-refractivity contribution in [2.24, 2.45) is 0 Å². The maximum absolute atomic E-state index is 11.9. The Morgan fingerprint density at radius 1 is 1.13 bits per heavy atom. The molecule has 1 aliphatic rings. The summed E-state index contributed by atoms with van der Waals surface area (Å²) in [5.41, 5.74) is 0.759. The standard InChI is InChI=1S/C11H13NO2.Sn/c13-11(10-4-2-1-3-5-10)12-6-8-14-9-7-12;/h1-5H,6-9H2;. The molecule has 1 aromatic rings. The molecule has 0 N–H and O–H groups in total. The largest absolute Gasteiger partial charge is 0.378 e. The smallest absolute Gasteiger partial charge is 0.254 e. The van der Waals surface area contributed by atoms with Gasteiger partial charge in [-0.05, 0) is 12.1 Å². The van der Waals surface area contributed by atoms with Gasteiger partial charge < -0.3 is 9.64 Å². The van der Waals surface area contributed by atoms with E-state index in [1.807, 2.05) is 35.2 Å². The molecule has 1 amide bonds. The molecule has 1 heterocycles. The number of nitrogens with zero attached hydrogens (tertiary/aromatic N) is 1. The Hall–Kier alpha value is -0.551. The Labute approximate surface area is 106 Å². The fourth-order valence-electron chi connectivity index (χ4n) is 1.53. The molecule has 1 aliphatic heterocycles. The number of hydrogen-bond donors (Lipinski definition) is 0. The first-order valence-corrected chi connectivity index (χ1v) is 4.80. The van der Waals surface area contributed by atoms with E-state index in [-0.39, 0.29) is 29.8 Å². The van der Waals surface area contributed by atoms with E-state index in [2.05, 4.69) is 0 Å². The van der Waals surface area contributed by atoms with Crippen molar-refractivity contribution in [3.63, 3.8) is 0 Å². The van der Waals surface area contributed by atoms with Gasteiger partial charge in [-0.2, -0.15) is 0 Å². The van der Waals surface area contributed by atoms with Crippen LogP contribution in [0.3, 0.4) is 0 Å². The monoisotopic (exact) mass is 311 g/mol. The van der Waals surface area contributed by atoms with Crippen LogP contribution in [-0.2, 0) is 4.74 Å². The average molecular weight is 310 g/mol. The van der Waals surface area contributed by atoms with E-state index in [1.54, 1.807) is 0 Å². The molecule has 4 radical (unpaired) electrons. The Morgan fingerprint density at radius 3 is 2.33 bits per heavy atom. The Kier molecular flexibility index (Phi) is 5.11. The van der Waals surface area contributed by atoms with Gasteiger partial charge in [-0.3, -0.25) is 4.79 Å². The summed E-state index contributed by atoms with van der Waals surface area (Å²) in [6, 6.07) is 9.37. The minimum atomic E-state index is 0. The second-order valence-corrected chi connectivity index (χ2v) is 3.27. The van der Waals surface area contributed by atoms with Gasteiger partial charge in [-0.1, -0.05) is 18.2 Å². The SMILES string of the molecule is O=C(c1ccccc1)N1CCOCC1.[Sn]. The van der Waals surface area contributed by atoms with E-state index in [9.17, 15) is 4.79 Å². The molecule has 0 saturated carbocycles. The summed E-state index contributed by atoms with van der Waals surface area (Å²) >= 11 is 0. The van der Waals surface area contributed by atoms with Crippen molar-refractivity contribution in [2.75, 3.05) is 26.3 Å². The minimum Gasteiger partial charge on any atom is -0.378 e. The molecule has 1 saturated heterocycles. The van der Waals surface area contributed by atoms with Gasteiger partial charge in [0.25, 0.3) is 5.91 Å². The van der Waals surface area contributed by atoms with Crippen molar-refractivity contribution >= 4 is 29.8 Å². The van der Waals surface area contributed by atoms with Crippen molar-refractivity contribution in [3.05, 3.63) is 35.9 Å². The van der Waals surface area contributed by atoms with Crippen LogP contribution in [0.1, 0.15) is 10.4 Å². The fraction of sp³-hybridized carbons (Fsp3) is 0.364. The van der Waals surface area contributed by atoms with Crippen LogP contribution >= 0.6 is 0 Å². The van der Waals surface area contributed by atoms with E-state index >= 15 is 0 Å². The minimum absolute atomic E-state index is 0. The Morgan fingerprint density at radius 2 is 1.73 bits per heavy atom. The van der Waals surface area contributed by atoms with Crippen molar-refractivity contribution in [3.8, 4) is 0 Å². The number of carbonyl (C=O) groups excluding carboxylic acids is 1. The summed E-state index contributed by atoms with van der Waals surface area (Å²) in [6.07, 6.45) is 0. The average Bonchev–Trinajstić information content (AvgIpc) is 2.30. The normalized spacial score (nSPS) is 15.6. The van der Waals surface area contributed by atoms with E-state index in [4.69, 9.17) is 4.74 Å². The van der Waals surface area contributed by atoms with Crippen molar-refractivity contribution < 1.29 is 9.53 Å². The summed E-state index contributed by atoms with van der Waals surface area (Å²) in [4.78, 5) is 13.7. The summed E-state index contributed by atoms with van der Waals surface area (Å²) in [5.74, 6) is 0.105. The van der Waals surface area contributed by atoms with Crippen LogP contribution in [-0.4, -0.2) is 61.0 Å². The van der Waals surface area contributed by atoms with Gasteiger partial charge in [0.15, 0.2) is 0 Å². The molecule has 0 aliphatic carbocycles. The van der Waals surface area contributed by atoms with Crippen LogP contribution in [0.4, 0.5) is 0 Å². The molecule has 0 aromatic heterocycles. The van der Waals surface area contributed by atoms with Gasteiger partial charge in [0.1, 0.15) is 0 Å². The maximum Gasteiger partial charge on any atom is 0.254 e. The van der Waals surface area contributed by atoms with Crippen LogP contribution < -0.4 is 0 Å². The third-order valence-corrected chi connectivity index (χ3v) is 2.32. The van der Waals surface area contributed by atoms with E-state index in [0.29, 0.717) is 26.3 Å². The second-order valence-electron chi connectivity index (χ2n) is 3.27. The molecule has 2 rings (SSSR count). The van der Waals surface area contributed by atoms with Gasteiger partial charge in [0.05, 0.1) is 13.2 Å². The van der Waals surface area contributed by atoms with Crippen molar-refractivity contribution in [1.82, 2.24) is 4.90 Å². The molecule has 3 nitrogen and oxygen atoms in total. The zero-order valence-electron chi connectivity index (χ0n) is 8.48. The molecular weight excluding hydrogens is 297 g/mol. The molecule has 1 fully saturated rings. The zero-order valence-corrected chi connectivity index (χ0v) is 11.3. The van der Waals surface area contributed by atoms with Gasteiger partial charge in [0.2, 0.25) is 0 Å². The molecule has 0 atom stereocenters. The van der Waals surface area contributed by atoms with E-state index < -0.39 is 0 Å². The van der Waals surface area contributed by atoms with Crippen molar-refractivity contribution in [1.29, 1.82) is 0 Å². The van der Waals surface area contributed by atoms with Crippen molar-refractivity contribution in [2.45, 2.75) is 0 Å². The number of rotatable bonds is 1. The summed E-state index contributed by atoms with van der Waals surface area (Å²) in [5, 5.41) is 0. The first-order valence-electron chi connectivity index (χ1n) is 4.80. The van der Waals surface area contributed by atoms with Gasteiger partial charge in [0, 0.05) is 42.6 Å². The number of carbonyl (C=O) groups is 1. The number of amides is 1. The Balaban J connectivity index is 0.00000112. The maximum atomic E-state index is 11.9. The molecule has 4 heteroatoms. The fourth-order valence-corrected chi connectivity index (χ4v) is 1.53. The number of morpholine rings is 1. The first kappa shape index (κ1) is 12.5. The third-order valence-electron chi connectivity index (χ3n) is 2.32. The van der Waals surface area contributed by atoms with E-state index in [1.165, 1.54) is 0 Å². The predicted octanol–water partition coefficient (Wildman–Crippen LogP) is 0.778.